The van der Waals surface area contributed by atoms with Crippen molar-refractivity contribution in [1.82, 2.24) is 19.2 Å². The molecule has 0 spiro atoms. The molecule has 0 unspecified atom stereocenters. The van der Waals surface area contributed by atoms with Crippen molar-refractivity contribution in [3.8, 4) is 11.3 Å². The fraction of sp³-hybridized carbons (Fsp3) is 0.261. The van der Waals surface area contributed by atoms with Crippen LogP contribution >= 0.6 is 0 Å². The van der Waals surface area contributed by atoms with Gasteiger partial charge >= 0.3 is 0 Å². The van der Waals surface area contributed by atoms with E-state index in [9.17, 15) is 13.2 Å². The fourth-order valence-corrected chi connectivity index (χ4v) is 4.52. The van der Waals surface area contributed by atoms with Crippen LogP contribution in [-0.2, 0) is 14.8 Å². The lowest BCUT2D eigenvalue weighted by atomic mass is 10.1. The second-order valence-corrected chi connectivity index (χ2v) is 9.32. The maximum absolute atomic E-state index is 13.0. The Kier molecular flexibility index (Phi) is 7.55. The van der Waals surface area contributed by atoms with Crippen LogP contribution in [0.15, 0.2) is 65.7 Å². The van der Waals surface area contributed by atoms with Crippen LogP contribution in [0.5, 0.6) is 0 Å². The van der Waals surface area contributed by atoms with Crippen LogP contribution in [0.3, 0.4) is 0 Å². The zero-order chi connectivity index (χ0) is 23.1. The molecule has 167 valence electrons. The average molecular weight is 453 g/mol. The maximum Gasteiger partial charge on any atom is 0.266 e. The summed E-state index contributed by atoms with van der Waals surface area (Å²) in [4.78, 5) is 22.7. The first-order chi connectivity index (χ1) is 15.3. The van der Waals surface area contributed by atoms with Crippen LogP contribution < -0.4 is 5.32 Å². The van der Waals surface area contributed by atoms with E-state index in [0.717, 1.165) is 15.6 Å². The highest BCUT2D eigenvalue weighted by molar-refractivity contribution is 7.89. The van der Waals surface area contributed by atoms with E-state index in [1.807, 2.05) is 49.3 Å². The topological polar surface area (TPSA) is 95.5 Å². The first-order valence-electron chi connectivity index (χ1n) is 10.1. The van der Waals surface area contributed by atoms with Gasteiger partial charge in [0.1, 0.15) is 0 Å². The van der Waals surface area contributed by atoms with Gasteiger partial charge in [-0.05, 0) is 63.5 Å². The van der Waals surface area contributed by atoms with Crippen LogP contribution in [0, 0.1) is 6.07 Å². The number of hydrogen-bond acceptors (Lipinski definition) is 7. The van der Waals surface area contributed by atoms with Gasteiger partial charge in [-0.25, -0.2) is 22.7 Å². The largest absolute Gasteiger partial charge is 0.324 e. The molecule has 0 aliphatic heterocycles. The number of carbonyl (C=O) groups excluding carboxylic acids is 1. The van der Waals surface area contributed by atoms with Crippen LogP contribution in [0.1, 0.15) is 13.3 Å². The lowest BCUT2D eigenvalue weighted by Gasteiger charge is -2.22. The Morgan fingerprint density at radius 2 is 1.72 bits per heavy atom. The molecule has 2 aromatic carbocycles. The summed E-state index contributed by atoms with van der Waals surface area (Å²) in [7, 11) is -0.129. The van der Waals surface area contributed by atoms with Gasteiger partial charge in [-0.2, -0.15) is 0 Å². The van der Waals surface area contributed by atoms with Crippen molar-refractivity contribution in [1.29, 1.82) is 0 Å². The molecule has 0 atom stereocenters. The molecule has 8 nitrogen and oxygen atoms in total. The number of sulfonamides is 1. The van der Waals surface area contributed by atoms with Crippen LogP contribution in [0.2, 0.25) is 0 Å². The van der Waals surface area contributed by atoms with E-state index in [-0.39, 0.29) is 11.4 Å². The molecular formula is C23H26N5O3S. The lowest BCUT2D eigenvalue weighted by Crippen LogP contribution is -2.37. The minimum atomic E-state index is -3.93. The molecule has 3 aromatic rings. The van der Waals surface area contributed by atoms with Gasteiger partial charge < -0.3 is 10.2 Å². The number of rotatable bonds is 9. The number of nitrogens with one attached hydrogen (secondary N) is 1. The molecule has 0 aliphatic carbocycles. The number of benzene rings is 2. The smallest absolute Gasteiger partial charge is 0.266 e. The molecule has 3 rings (SSSR count). The zero-order valence-electron chi connectivity index (χ0n) is 18.3. The molecule has 32 heavy (non-hydrogen) atoms. The van der Waals surface area contributed by atoms with E-state index in [1.54, 1.807) is 18.3 Å². The molecule has 1 N–H and O–H groups in total. The van der Waals surface area contributed by atoms with Gasteiger partial charge in [-0.15, -0.1) is 0 Å². The first kappa shape index (κ1) is 23.4. The fourth-order valence-electron chi connectivity index (χ4n) is 3.08. The molecule has 9 heteroatoms. The lowest BCUT2D eigenvalue weighted by molar-refractivity contribution is -0.124. The molecule has 0 saturated carbocycles. The van der Waals surface area contributed by atoms with Gasteiger partial charge in [-0.1, -0.05) is 24.3 Å². The summed E-state index contributed by atoms with van der Waals surface area (Å²) in [6.45, 7) is 2.08. The Bertz CT molecular complexity index is 1150. The molecule has 1 aromatic heterocycles. The van der Waals surface area contributed by atoms with Crippen molar-refractivity contribution in [2.24, 2.45) is 0 Å². The molecular weight excluding hydrogens is 426 g/mol. The molecule has 1 radical (unpaired) electrons. The third-order valence-electron chi connectivity index (χ3n) is 4.69. The predicted octanol–water partition coefficient (Wildman–Crippen LogP) is 3.18. The monoisotopic (exact) mass is 452 g/mol. The van der Waals surface area contributed by atoms with Crippen LogP contribution in [0.25, 0.3) is 11.3 Å². The van der Waals surface area contributed by atoms with Gasteiger partial charge in [0.15, 0.2) is 0 Å². The second kappa shape index (κ2) is 10.3. The van der Waals surface area contributed by atoms with Crippen molar-refractivity contribution in [3.05, 3.63) is 66.9 Å². The Hall–Kier alpha value is -3.30. The van der Waals surface area contributed by atoms with Crippen LogP contribution in [0.4, 0.5) is 11.6 Å². The van der Waals surface area contributed by atoms with Crippen molar-refractivity contribution < 1.29 is 13.2 Å². The Morgan fingerprint density at radius 3 is 2.34 bits per heavy atom. The number of nitrogens with zero attached hydrogens (tertiary/aromatic N) is 4. The highest BCUT2D eigenvalue weighted by Gasteiger charge is 2.26. The highest BCUT2D eigenvalue weighted by atomic mass is 32.2. The predicted molar refractivity (Wildman–Crippen MR) is 124 cm³/mol. The van der Waals surface area contributed by atoms with Gasteiger partial charge in [-0.3, -0.25) is 4.79 Å². The van der Waals surface area contributed by atoms with Crippen molar-refractivity contribution >= 4 is 27.6 Å². The maximum atomic E-state index is 13.0. The normalized spacial score (nSPS) is 11.4. The summed E-state index contributed by atoms with van der Waals surface area (Å²) in [5.41, 5.74) is 2.32. The standard InChI is InChI=1S/C23H26N5O3S/c1-18(29)28(17-7-16-27(2)3)32(30,31)21-12-10-20(11-13-21)25-23-24-15-14-22(26-23)19-8-5-4-6-9-19/h5-6,8-15H,7,16-17H2,1-3H3,(H,24,25,26). The zero-order valence-corrected chi connectivity index (χ0v) is 19.1. The number of aromatic nitrogens is 2. The highest BCUT2D eigenvalue weighted by Crippen LogP contribution is 2.22. The Labute approximate surface area is 189 Å². The Balaban J connectivity index is 1.75. The second-order valence-electron chi connectivity index (χ2n) is 7.46. The third-order valence-corrected chi connectivity index (χ3v) is 6.57. The first-order valence-corrected chi connectivity index (χ1v) is 11.6. The van der Waals surface area contributed by atoms with E-state index < -0.39 is 15.9 Å². The number of amides is 1. The quantitative estimate of drug-likeness (QED) is 0.533. The molecule has 0 bridgehead atoms. The average Bonchev–Trinajstić information content (AvgIpc) is 2.77. The van der Waals surface area contributed by atoms with Crippen molar-refractivity contribution in [3.63, 3.8) is 0 Å². The minimum Gasteiger partial charge on any atom is -0.324 e. The van der Waals surface area contributed by atoms with Gasteiger partial charge in [0, 0.05) is 30.9 Å². The van der Waals surface area contributed by atoms with Gasteiger partial charge in [0.25, 0.3) is 10.0 Å². The van der Waals surface area contributed by atoms with E-state index in [4.69, 9.17) is 0 Å². The molecule has 0 saturated heterocycles. The number of carbonyl (C=O) groups is 1. The Morgan fingerprint density at radius 1 is 1.03 bits per heavy atom. The van der Waals surface area contributed by atoms with E-state index in [2.05, 4.69) is 21.4 Å². The number of hydrogen-bond donors (Lipinski definition) is 1. The SMILES string of the molecule is CC(=O)N(CCCN(C)C)S(=O)(=O)c1ccc(Nc2nccc(-c3cc[c]cc3)n2)cc1. The molecule has 0 fully saturated rings. The minimum absolute atomic E-state index is 0.0540. The summed E-state index contributed by atoms with van der Waals surface area (Å²) in [6.07, 6.45) is 2.21. The number of anilines is 2. The van der Waals surface area contributed by atoms with E-state index in [1.165, 1.54) is 19.1 Å². The van der Waals surface area contributed by atoms with Gasteiger partial charge in [0.2, 0.25) is 11.9 Å². The van der Waals surface area contributed by atoms with Crippen LogP contribution in [-0.4, -0.2) is 60.7 Å². The van der Waals surface area contributed by atoms with Gasteiger partial charge in [0.05, 0.1) is 10.6 Å². The third kappa shape index (κ3) is 5.89. The van der Waals surface area contributed by atoms with Crippen molar-refractivity contribution in [2.45, 2.75) is 18.2 Å². The summed E-state index contributed by atoms with van der Waals surface area (Å²) in [5.74, 6) is -0.116. The molecule has 0 aliphatic rings. The molecule has 1 heterocycles. The van der Waals surface area contributed by atoms with Crippen molar-refractivity contribution in [2.75, 3.05) is 32.5 Å². The summed E-state index contributed by atoms with van der Waals surface area (Å²) >= 11 is 0. The van der Waals surface area contributed by atoms with E-state index >= 15 is 0 Å². The molecule has 1 amide bonds. The van der Waals surface area contributed by atoms with E-state index in [0.29, 0.717) is 24.6 Å². The summed E-state index contributed by atoms with van der Waals surface area (Å²) in [6, 6.07) is 18.4. The summed E-state index contributed by atoms with van der Waals surface area (Å²) < 4.78 is 26.8. The summed E-state index contributed by atoms with van der Waals surface area (Å²) in [5, 5.41) is 3.08.